The van der Waals surface area contributed by atoms with Gasteiger partial charge in [0.05, 0.1) is 31.6 Å². The zero-order chi connectivity index (χ0) is 22.1. The van der Waals surface area contributed by atoms with E-state index in [-0.39, 0.29) is 5.97 Å². The van der Waals surface area contributed by atoms with E-state index in [4.69, 9.17) is 14.3 Å². The van der Waals surface area contributed by atoms with Crippen LogP contribution in [-0.4, -0.2) is 62.3 Å². The minimum absolute atomic E-state index is 0.333. The van der Waals surface area contributed by atoms with Gasteiger partial charge in [-0.2, -0.15) is 0 Å². The molecule has 1 saturated heterocycles. The molecule has 0 aliphatic carbocycles. The van der Waals surface area contributed by atoms with E-state index in [0.29, 0.717) is 18.2 Å². The van der Waals surface area contributed by atoms with Crippen molar-refractivity contribution in [1.82, 2.24) is 4.90 Å². The second-order valence-electron chi connectivity index (χ2n) is 7.43. The zero-order valence-corrected chi connectivity index (χ0v) is 19.2. The number of nitrogens with zero attached hydrogens (tertiary/aromatic N) is 2. The number of hydrogen-bond acceptors (Lipinski definition) is 7. The van der Waals surface area contributed by atoms with Crippen molar-refractivity contribution >= 4 is 23.4 Å². The third-order valence-electron chi connectivity index (χ3n) is 5.36. The van der Waals surface area contributed by atoms with E-state index >= 15 is 0 Å². The summed E-state index contributed by atoms with van der Waals surface area (Å²) in [6, 6.07) is 15.9. The molecule has 0 spiro atoms. The fourth-order valence-electron chi connectivity index (χ4n) is 3.46. The maximum atomic E-state index is 11.6. The van der Waals surface area contributed by atoms with Crippen molar-refractivity contribution in [2.45, 2.75) is 30.9 Å². The van der Waals surface area contributed by atoms with Crippen LogP contribution in [0.25, 0.3) is 0 Å². The molecule has 0 N–H and O–H groups in total. The molecule has 166 valence electrons. The number of carbonyl (C=O) groups is 1. The Kier molecular flexibility index (Phi) is 8.94. The summed E-state index contributed by atoms with van der Waals surface area (Å²) in [5, 5.41) is 4.51. The van der Waals surface area contributed by atoms with Gasteiger partial charge in [-0.25, -0.2) is 4.79 Å². The van der Waals surface area contributed by atoms with Crippen LogP contribution in [0.3, 0.4) is 0 Å². The first-order chi connectivity index (χ1) is 15.1. The van der Waals surface area contributed by atoms with E-state index in [2.05, 4.69) is 47.5 Å². The summed E-state index contributed by atoms with van der Waals surface area (Å²) in [5.41, 5.74) is 3.45. The van der Waals surface area contributed by atoms with E-state index in [9.17, 15) is 4.79 Å². The molecule has 3 rings (SSSR count). The van der Waals surface area contributed by atoms with Crippen LogP contribution in [0.4, 0.5) is 0 Å². The number of carbonyl (C=O) groups excluding carboxylic acids is 1. The lowest BCUT2D eigenvalue weighted by molar-refractivity contribution is 0.0214. The van der Waals surface area contributed by atoms with Crippen LogP contribution in [0.2, 0.25) is 0 Å². The van der Waals surface area contributed by atoms with Crippen molar-refractivity contribution < 1.29 is 19.1 Å². The number of oxime groups is 1. The third kappa shape index (κ3) is 6.82. The highest BCUT2D eigenvalue weighted by Crippen LogP contribution is 2.18. The van der Waals surface area contributed by atoms with Gasteiger partial charge < -0.3 is 14.3 Å². The highest BCUT2D eigenvalue weighted by atomic mass is 32.2. The minimum Gasteiger partial charge on any atom is -0.465 e. The van der Waals surface area contributed by atoms with Gasteiger partial charge in [0.1, 0.15) is 6.61 Å². The van der Waals surface area contributed by atoms with Gasteiger partial charge in [-0.15, -0.1) is 11.8 Å². The van der Waals surface area contributed by atoms with E-state index < -0.39 is 0 Å². The van der Waals surface area contributed by atoms with Crippen LogP contribution in [-0.2, 0) is 20.9 Å². The normalized spacial score (nSPS) is 16.0. The molecular formula is C24H30N2O4S. The van der Waals surface area contributed by atoms with Crippen LogP contribution >= 0.6 is 11.8 Å². The zero-order valence-electron chi connectivity index (χ0n) is 18.4. The molecule has 0 bridgehead atoms. The predicted octanol–water partition coefficient (Wildman–Crippen LogP) is 4.23. The monoisotopic (exact) mass is 442 g/mol. The van der Waals surface area contributed by atoms with E-state index in [1.54, 1.807) is 23.9 Å². The summed E-state index contributed by atoms with van der Waals surface area (Å²) in [6.45, 7) is 5.98. The van der Waals surface area contributed by atoms with Crippen molar-refractivity contribution in [3.05, 3.63) is 65.2 Å². The quantitative estimate of drug-likeness (QED) is 0.251. The minimum atomic E-state index is -0.349. The van der Waals surface area contributed by atoms with Crippen LogP contribution in [0.5, 0.6) is 0 Å². The Hall–Kier alpha value is -2.35. The number of rotatable bonds is 9. The number of thioether (sulfide) groups is 1. The van der Waals surface area contributed by atoms with E-state index in [1.807, 2.05) is 12.1 Å². The number of ether oxygens (including phenoxy) is 2. The Labute approximate surface area is 188 Å². The molecule has 1 heterocycles. The number of methoxy groups -OCH3 is 1. The second kappa shape index (κ2) is 11.9. The van der Waals surface area contributed by atoms with Crippen molar-refractivity contribution in [2.24, 2.45) is 5.16 Å². The van der Waals surface area contributed by atoms with Crippen LogP contribution < -0.4 is 0 Å². The third-order valence-corrected chi connectivity index (χ3v) is 6.11. The largest absolute Gasteiger partial charge is 0.465 e. The molecule has 6 nitrogen and oxygen atoms in total. The van der Waals surface area contributed by atoms with Crippen molar-refractivity contribution in [3.63, 3.8) is 0 Å². The smallest absolute Gasteiger partial charge is 0.337 e. The lowest BCUT2D eigenvalue weighted by Gasteiger charge is -2.32. The molecule has 1 atom stereocenters. The Morgan fingerprint density at radius 1 is 1.10 bits per heavy atom. The first-order valence-electron chi connectivity index (χ1n) is 10.4. The summed E-state index contributed by atoms with van der Waals surface area (Å²) >= 11 is 1.72. The first kappa shape index (κ1) is 23.3. The average Bonchev–Trinajstić information content (AvgIpc) is 2.84. The van der Waals surface area contributed by atoms with Crippen LogP contribution in [0.15, 0.2) is 58.6 Å². The molecule has 31 heavy (non-hydrogen) atoms. The molecule has 2 aromatic carbocycles. The van der Waals surface area contributed by atoms with Crippen molar-refractivity contribution in [2.75, 3.05) is 39.7 Å². The Balaban J connectivity index is 1.69. The van der Waals surface area contributed by atoms with Crippen molar-refractivity contribution in [1.29, 1.82) is 0 Å². The maximum absolute atomic E-state index is 11.6. The summed E-state index contributed by atoms with van der Waals surface area (Å²) in [4.78, 5) is 21.0. The molecular weight excluding hydrogens is 412 g/mol. The number of morpholine rings is 1. The lowest BCUT2D eigenvalue weighted by atomic mass is 10.0. The first-order valence-corrected chi connectivity index (χ1v) is 11.7. The highest BCUT2D eigenvalue weighted by Gasteiger charge is 2.20. The molecule has 0 radical (unpaired) electrons. The summed E-state index contributed by atoms with van der Waals surface area (Å²) in [6.07, 6.45) is 2.86. The van der Waals surface area contributed by atoms with Gasteiger partial charge in [0.2, 0.25) is 0 Å². The van der Waals surface area contributed by atoms with Crippen LogP contribution in [0.1, 0.15) is 34.8 Å². The van der Waals surface area contributed by atoms with Gasteiger partial charge in [-0.1, -0.05) is 29.4 Å². The molecule has 1 unspecified atom stereocenters. The standard InChI is InChI=1S/C24H30N2O4S/c1-18(26-12-14-29-15-13-26)16-23(20-8-10-22(31-3)11-9-20)25-30-17-19-4-6-21(7-5-19)24(27)28-2/h4-11,18H,12-17H2,1-3H3. The summed E-state index contributed by atoms with van der Waals surface area (Å²) in [5.74, 6) is -0.349. The second-order valence-corrected chi connectivity index (χ2v) is 8.31. The molecule has 1 fully saturated rings. The Morgan fingerprint density at radius 3 is 2.35 bits per heavy atom. The van der Waals surface area contributed by atoms with Gasteiger partial charge in [-0.3, -0.25) is 4.90 Å². The molecule has 7 heteroatoms. The average molecular weight is 443 g/mol. The highest BCUT2D eigenvalue weighted by molar-refractivity contribution is 7.98. The maximum Gasteiger partial charge on any atom is 0.337 e. The fourth-order valence-corrected chi connectivity index (χ4v) is 3.87. The SMILES string of the molecule is COC(=O)c1ccc(CON=C(CC(C)N2CCOCC2)c2ccc(SC)cc2)cc1. The van der Waals surface area contributed by atoms with Gasteiger partial charge in [0, 0.05) is 30.4 Å². The Bertz CT molecular complexity index is 862. The molecule has 2 aromatic rings. The Morgan fingerprint density at radius 2 is 1.74 bits per heavy atom. The van der Waals surface area contributed by atoms with Gasteiger partial charge in [0.15, 0.2) is 0 Å². The van der Waals surface area contributed by atoms with E-state index in [1.165, 1.54) is 12.0 Å². The number of benzene rings is 2. The molecule has 0 aromatic heterocycles. The molecule has 1 aliphatic rings. The van der Waals surface area contributed by atoms with Gasteiger partial charge in [-0.05, 0) is 48.6 Å². The predicted molar refractivity (Wildman–Crippen MR) is 124 cm³/mol. The summed E-state index contributed by atoms with van der Waals surface area (Å²) in [7, 11) is 1.37. The van der Waals surface area contributed by atoms with Crippen molar-refractivity contribution in [3.8, 4) is 0 Å². The molecule has 1 aliphatic heterocycles. The summed E-state index contributed by atoms with van der Waals surface area (Å²) < 4.78 is 10.2. The van der Waals surface area contributed by atoms with Crippen LogP contribution in [0, 0.1) is 0 Å². The number of esters is 1. The fraction of sp³-hybridized carbons (Fsp3) is 0.417. The number of hydrogen-bond donors (Lipinski definition) is 0. The molecule has 0 saturated carbocycles. The lowest BCUT2D eigenvalue weighted by Crippen LogP contribution is -2.43. The molecule has 0 amide bonds. The van der Waals surface area contributed by atoms with Gasteiger partial charge in [0.25, 0.3) is 0 Å². The van der Waals surface area contributed by atoms with E-state index in [0.717, 1.165) is 49.6 Å². The van der Waals surface area contributed by atoms with Gasteiger partial charge >= 0.3 is 5.97 Å². The topological polar surface area (TPSA) is 60.4 Å².